The summed E-state index contributed by atoms with van der Waals surface area (Å²) in [5, 5.41) is 9.66. The first-order valence-electron chi connectivity index (χ1n) is 4.84. The molecule has 0 amide bonds. The number of aliphatic hydroxyl groups is 1. The topological polar surface area (TPSA) is 23.5 Å². The van der Waals surface area contributed by atoms with E-state index in [4.69, 9.17) is 0 Å². The molecular formula is C11H15NO. The van der Waals surface area contributed by atoms with Crippen LogP contribution in [0, 0.1) is 0 Å². The van der Waals surface area contributed by atoms with Crippen molar-refractivity contribution < 1.29 is 5.11 Å². The molecule has 0 saturated carbocycles. The Hall–Kier alpha value is -1.18. The van der Waals surface area contributed by atoms with Gasteiger partial charge in [-0.2, -0.15) is 0 Å². The van der Waals surface area contributed by atoms with Gasteiger partial charge in [-0.05, 0) is 31.8 Å². The normalized spacial score (nSPS) is 23.1. The molecule has 2 heteroatoms. The van der Waals surface area contributed by atoms with Crippen LogP contribution in [0.15, 0.2) is 35.9 Å². The third-order valence-electron chi connectivity index (χ3n) is 2.62. The molecule has 70 valence electrons. The molecular weight excluding hydrogens is 162 g/mol. The molecule has 0 aromatic rings. The van der Waals surface area contributed by atoms with Crippen molar-refractivity contribution in [2.24, 2.45) is 0 Å². The predicted octanol–water partition coefficient (Wildman–Crippen LogP) is 2.72. The summed E-state index contributed by atoms with van der Waals surface area (Å²) < 4.78 is 0. The quantitative estimate of drug-likeness (QED) is 0.665. The second-order valence-corrected chi connectivity index (χ2v) is 3.58. The summed E-state index contributed by atoms with van der Waals surface area (Å²) >= 11 is 0. The highest BCUT2D eigenvalue weighted by Crippen LogP contribution is 2.29. The number of hydrogen-bond acceptors (Lipinski definition) is 2. The van der Waals surface area contributed by atoms with Gasteiger partial charge in [0.25, 0.3) is 0 Å². The van der Waals surface area contributed by atoms with Crippen LogP contribution in [0.5, 0.6) is 0 Å². The molecule has 0 bridgehead atoms. The van der Waals surface area contributed by atoms with Crippen LogP contribution >= 0.6 is 0 Å². The van der Waals surface area contributed by atoms with Gasteiger partial charge in [-0.3, -0.25) is 0 Å². The zero-order chi connectivity index (χ0) is 9.26. The van der Waals surface area contributed by atoms with Crippen molar-refractivity contribution in [3.63, 3.8) is 0 Å². The van der Waals surface area contributed by atoms with Gasteiger partial charge in [-0.25, -0.2) is 0 Å². The first-order valence-corrected chi connectivity index (χ1v) is 4.84. The molecule has 2 aliphatic rings. The highest BCUT2D eigenvalue weighted by Gasteiger charge is 2.21. The minimum Gasteiger partial charge on any atom is -0.506 e. The van der Waals surface area contributed by atoms with Crippen LogP contribution in [0.1, 0.15) is 25.7 Å². The number of allylic oxidation sites excluding steroid dienone is 3. The van der Waals surface area contributed by atoms with Crippen molar-refractivity contribution in [2.75, 3.05) is 6.54 Å². The summed E-state index contributed by atoms with van der Waals surface area (Å²) in [7, 11) is 0. The lowest BCUT2D eigenvalue weighted by molar-refractivity contribution is 0.363. The molecule has 0 unspecified atom stereocenters. The van der Waals surface area contributed by atoms with Crippen molar-refractivity contribution in [3.8, 4) is 0 Å². The lowest BCUT2D eigenvalue weighted by Gasteiger charge is -2.24. The Balaban J connectivity index is 2.20. The Bertz CT molecular complexity index is 288. The van der Waals surface area contributed by atoms with E-state index in [9.17, 15) is 5.11 Å². The molecule has 13 heavy (non-hydrogen) atoms. The Morgan fingerprint density at radius 2 is 2.08 bits per heavy atom. The Morgan fingerprint density at radius 3 is 2.69 bits per heavy atom. The number of rotatable bonds is 1. The molecule has 1 aliphatic heterocycles. The van der Waals surface area contributed by atoms with Crippen LogP contribution in [0.25, 0.3) is 0 Å². The fourth-order valence-corrected chi connectivity index (χ4v) is 1.92. The van der Waals surface area contributed by atoms with Gasteiger partial charge in [-0.1, -0.05) is 12.7 Å². The van der Waals surface area contributed by atoms with Gasteiger partial charge in [0.2, 0.25) is 0 Å². The molecule has 0 atom stereocenters. The van der Waals surface area contributed by atoms with E-state index in [1.54, 1.807) is 0 Å². The first-order chi connectivity index (χ1) is 6.29. The monoisotopic (exact) mass is 177 g/mol. The molecule has 2 rings (SSSR count). The molecule has 1 heterocycles. The second-order valence-electron chi connectivity index (χ2n) is 3.58. The van der Waals surface area contributed by atoms with E-state index in [0.29, 0.717) is 5.76 Å². The van der Waals surface area contributed by atoms with Crippen molar-refractivity contribution in [2.45, 2.75) is 25.7 Å². The zero-order valence-corrected chi connectivity index (χ0v) is 7.79. The number of aliphatic hydroxyl groups excluding tert-OH is 1. The molecule has 1 fully saturated rings. The van der Waals surface area contributed by atoms with E-state index in [2.05, 4.69) is 17.6 Å². The van der Waals surface area contributed by atoms with Gasteiger partial charge < -0.3 is 10.0 Å². The minimum absolute atomic E-state index is 0.425. The number of hydrogen-bond donors (Lipinski definition) is 1. The molecule has 0 aromatic heterocycles. The SMILES string of the molecule is C=C1CCCN1C1=CCCC=C1O. The average molecular weight is 177 g/mol. The standard InChI is InChI=1S/C11H15NO/c1-9-5-4-8-12(9)10-6-2-3-7-11(10)13/h6-7,13H,1-5,8H2. The largest absolute Gasteiger partial charge is 0.506 e. The van der Waals surface area contributed by atoms with Gasteiger partial charge in [0, 0.05) is 12.2 Å². The zero-order valence-electron chi connectivity index (χ0n) is 7.79. The van der Waals surface area contributed by atoms with Crippen LogP contribution in [0.3, 0.4) is 0 Å². The highest BCUT2D eigenvalue weighted by atomic mass is 16.3. The molecule has 2 nitrogen and oxygen atoms in total. The van der Waals surface area contributed by atoms with Gasteiger partial charge in [-0.15, -0.1) is 0 Å². The summed E-state index contributed by atoms with van der Waals surface area (Å²) in [6.45, 7) is 4.99. The summed E-state index contributed by atoms with van der Waals surface area (Å²) in [4.78, 5) is 2.13. The molecule has 1 aliphatic carbocycles. The van der Waals surface area contributed by atoms with E-state index in [0.717, 1.165) is 43.6 Å². The van der Waals surface area contributed by atoms with Crippen molar-refractivity contribution in [1.82, 2.24) is 4.90 Å². The Labute approximate surface area is 78.9 Å². The van der Waals surface area contributed by atoms with Gasteiger partial charge >= 0.3 is 0 Å². The molecule has 0 radical (unpaired) electrons. The van der Waals surface area contributed by atoms with E-state index >= 15 is 0 Å². The maximum atomic E-state index is 9.66. The fourth-order valence-electron chi connectivity index (χ4n) is 1.92. The number of likely N-dealkylation sites (tertiary alicyclic amines) is 1. The summed E-state index contributed by atoms with van der Waals surface area (Å²) in [5.74, 6) is 0.425. The van der Waals surface area contributed by atoms with Crippen molar-refractivity contribution in [3.05, 3.63) is 35.9 Å². The summed E-state index contributed by atoms with van der Waals surface area (Å²) in [6, 6.07) is 0. The average Bonchev–Trinajstić information content (AvgIpc) is 2.52. The smallest absolute Gasteiger partial charge is 0.134 e. The van der Waals surface area contributed by atoms with Crippen LogP contribution in [-0.2, 0) is 0 Å². The van der Waals surface area contributed by atoms with Gasteiger partial charge in [0.1, 0.15) is 5.76 Å². The number of nitrogens with zero attached hydrogens (tertiary/aromatic N) is 1. The highest BCUT2D eigenvalue weighted by molar-refractivity contribution is 5.31. The van der Waals surface area contributed by atoms with E-state index in [1.165, 1.54) is 0 Å². The Kier molecular flexibility index (Phi) is 2.13. The summed E-state index contributed by atoms with van der Waals surface area (Å²) in [5.41, 5.74) is 2.10. The van der Waals surface area contributed by atoms with Crippen LogP contribution in [-0.4, -0.2) is 16.6 Å². The summed E-state index contributed by atoms with van der Waals surface area (Å²) in [6.07, 6.45) is 8.19. The molecule has 0 spiro atoms. The van der Waals surface area contributed by atoms with Crippen LogP contribution < -0.4 is 0 Å². The van der Waals surface area contributed by atoms with Crippen molar-refractivity contribution in [1.29, 1.82) is 0 Å². The molecule has 1 N–H and O–H groups in total. The fraction of sp³-hybridized carbons (Fsp3) is 0.455. The predicted molar refractivity (Wildman–Crippen MR) is 53.1 cm³/mol. The lowest BCUT2D eigenvalue weighted by Crippen LogP contribution is -2.19. The third-order valence-corrected chi connectivity index (χ3v) is 2.62. The van der Waals surface area contributed by atoms with Gasteiger partial charge in [0.05, 0.1) is 5.70 Å². The first kappa shape index (κ1) is 8.42. The Morgan fingerprint density at radius 1 is 1.31 bits per heavy atom. The second kappa shape index (κ2) is 3.29. The van der Waals surface area contributed by atoms with Gasteiger partial charge in [0.15, 0.2) is 0 Å². The van der Waals surface area contributed by atoms with Crippen LogP contribution in [0.4, 0.5) is 0 Å². The lowest BCUT2D eigenvalue weighted by atomic mass is 10.1. The minimum atomic E-state index is 0.425. The third kappa shape index (κ3) is 1.48. The van der Waals surface area contributed by atoms with E-state index in [-0.39, 0.29) is 0 Å². The maximum absolute atomic E-state index is 9.66. The molecule has 0 aromatic carbocycles. The van der Waals surface area contributed by atoms with Crippen LogP contribution in [0.2, 0.25) is 0 Å². The van der Waals surface area contributed by atoms with Crippen molar-refractivity contribution >= 4 is 0 Å². The molecule has 1 saturated heterocycles. The maximum Gasteiger partial charge on any atom is 0.134 e. The van der Waals surface area contributed by atoms with E-state index < -0.39 is 0 Å². The van der Waals surface area contributed by atoms with E-state index in [1.807, 2.05) is 6.08 Å².